The van der Waals surface area contributed by atoms with Crippen LogP contribution >= 0.6 is 10.8 Å². The van der Waals surface area contributed by atoms with Gasteiger partial charge in [0.15, 0.2) is 19.4 Å². The molecule has 1 aliphatic heterocycles. The molecule has 210 valence electrons. The fourth-order valence-corrected chi connectivity index (χ4v) is 7.11. The molecule has 0 saturated carbocycles. The maximum absolute atomic E-state index is 13.2. The number of nitrogens with one attached hydrogen (secondary N) is 1. The smallest absolute Gasteiger partial charge is 0.335 e. The second-order valence-corrected chi connectivity index (χ2v) is 12.3. The number of likely N-dealkylation sites (tertiary alicyclic amines) is 1. The third-order valence-electron chi connectivity index (χ3n) is 5.45. The lowest BCUT2D eigenvalue weighted by Crippen LogP contribution is -2.73. The number of hydrogen-bond donors (Lipinski definition) is 1. The van der Waals surface area contributed by atoms with E-state index in [2.05, 4.69) is 11.9 Å². The first-order chi connectivity index (χ1) is 18.7. The summed E-state index contributed by atoms with van der Waals surface area (Å²) in [7, 11) is -2.06. The van der Waals surface area contributed by atoms with Crippen molar-refractivity contribution in [3.63, 3.8) is 0 Å². The first kappa shape index (κ1) is 30.2. The Balaban J connectivity index is 1.78. The number of esters is 1. The quantitative estimate of drug-likeness (QED) is 0.0834. The Bertz CT molecular complexity index is 1260. The Morgan fingerprint density at radius 1 is 1.08 bits per heavy atom. The van der Waals surface area contributed by atoms with E-state index in [1.54, 1.807) is 48.5 Å². The maximum atomic E-state index is 13.2. The van der Waals surface area contributed by atoms with Gasteiger partial charge in [-0.3, -0.25) is 9.59 Å². The number of nitrogens with zero attached hydrogens (tertiary/aromatic N) is 1. The Morgan fingerprint density at radius 2 is 1.72 bits per heavy atom. The zero-order valence-electron chi connectivity index (χ0n) is 21.5. The molecule has 1 heterocycles. The summed E-state index contributed by atoms with van der Waals surface area (Å²) >= 11 is 0. The minimum absolute atomic E-state index is 0.00720. The predicted molar refractivity (Wildman–Crippen MR) is 143 cm³/mol. The number of benzene rings is 2. The molecule has 0 bridgehead atoms. The van der Waals surface area contributed by atoms with Crippen LogP contribution in [0.1, 0.15) is 6.92 Å². The van der Waals surface area contributed by atoms with Gasteiger partial charge in [-0.25, -0.2) is 13.2 Å². The van der Waals surface area contributed by atoms with E-state index in [1.165, 1.54) is 26.2 Å². The molecule has 2 aromatic rings. The summed E-state index contributed by atoms with van der Waals surface area (Å²) in [4.78, 5) is 39.8. The molecule has 2 amide bonds. The molecular formula is C26H30N2O9S2. The van der Waals surface area contributed by atoms with Gasteiger partial charge >= 0.3 is 5.97 Å². The van der Waals surface area contributed by atoms with Gasteiger partial charge in [0.2, 0.25) is 14.8 Å². The predicted octanol–water partition coefficient (Wildman–Crippen LogP) is 1.95. The van der Waals surface area contributed by atoms with Crippen molar-refractivity contribution < 1.29 is 41.7 Å². The highest BCUT2D eigenvalue weighted by Crippen LogP contribution is 2.39. The zero-order chi connectivity index (χ0) is 28.4. The topological polar surface area (TPSA) is 138 Å². The van der Waals surface area contributed by atoms with E-state index in [0.29, 0.717) is 16.5 Å². The van der Waals surface area contributed by atoms with Crippen molar-refractivity contribution in [2.45, 2.75) is 29.3 Å². The summed E-state index contributed by atoms with van der Waals surface area (Å²) < 4.78 is 47.0. The Morgan fingerprint density at radius 3 is 2.33 bits per heavy atom. The summed E-state index contributed by atoms with van der Waals surface area (Å²) in [5.41, 5.74) is 0.241. The molecule has 0 aliphatic carbocycles. The number of rotatable bonds is 15. The second kappa shape index (κ2) is 14.1. The number of ether oxygens (including phenoxy) is 4. The lowest BCUT2D eigenvalue weighted by Gasteiger charge is -2.49. The number of β-lactam (4-membered cyclic amide) rings is 1. The molecule has 11 nitrogen and oxygen atoms in total. The highest BCUT2D eigenvalue weighted by Gasteiger charge is 2.55. The molecule has 0 spiro atoms. The molecule has 0 aromatic heterocycles. The van der Waals surface area contributed by atoms with Gasteiger partial charge in [-0.15, -0.1) is 0 Å². The van der Waals surface area contributed by atoms with Gasteiger partial charge in [0.1, 0.15) is 17.2 Å². The summed E-state index contributed by atoms with van der Waals surface area (Å²) in [6.45, 7) is 4.97. The Kier molecular flexibility index (Phi) is 10.9. The lowest BCUT2D eigenvalue weighted by atomic mass is 9.99. The highest BCUT2D eigenvalue weighted by atomic mass is 33.1. The van der Waals surface area contributed by atoms with Crippen LogP contribution in [0.25, 0.3) is 0 Å². The van der Waals surface area contributed by atoms with Crippen molar-refractivity contribution in [1.29, 1.82) is 0 Å². The molecular weight excluding hydrogens is 548 g/mol. The summed E-state index contributed by atoms with van der Waals surface area (Å²) in [6, 6.07) is 13.7. The minimum Gasteiger partial charge on any atom is -0.484 e. The third kappa shape index (κ3) is 8.05. The average Bonchev–Trinajstić information content (AvgIpc) is 2.93. The molecule has 13 heteroatoms. The van der Waals surface area contributed by atoms with Gasteiger partial charge in [0, 0.05) is 17.9 Å². The number of carbonyl (C=O) groups excluding carboxylic acids is 3. The van der Waals surface area contributed by atoms with Crippen molar-refractivity contribution in [3.8, 4) is 5.75 Å². The normalized spacial score (nSPS) is 17.6. The molecule has 39 heavy (non-hydrogen) atoms. The van der Waals surface area contributed by atoms with E-state index >= 15 is 0 Å². The lowest BCUT2D eigenvalue weighted by molar-refractivity contribution is -0.171. The van der Waals surface area contributed by atoms with Gasteiger partial charge in [-0.1, -0.05) is 43.0 Å². The van der Waals surface area contributed by atoms with Crippen LogP contribution in [0.4, 0.5) is 0 Å². The maximum Gasteiger partial charge on any atom is 0.335 e. The fraction of sp³-hybridized carbons (Fsp3) is 0.346. The number of para-hydroxylation sites is 1. The van der Waals surface area contributed by atoms with Crippen molar-refractivity contribution >= 4 is 37.4 Å². The Hall–Kier alpha value is -3.39. The van der Waals surface area contributed by atoms with Crippen molar-refractivity contribution in [3.05, 3.63) is 72.8 Å². The molecule has 0 radical (unpaired) electrons. The van der Waals surface area contributed by atoms with Crippen LogP contribution < -0.4 is 10.1 Å². The van der Waals surface area contributed by atoms with Gasteiger partial charge in [0.25, 0.3) is 5.91 Å². The number of carbonyl (C=O) groups is 3. The highest BCUT2D eigenvalue weighted by molar-refractivity contribution is 8.72. The van der Waals surface area contributed by atoms with E-state index < -0.39 is 57.5 Å². The summed E-state index contributed by atoms with van der Waals surface area (Å²) in [5.74, 6) is -1.72. The average molecular weight is 579 g/mol. The van der Waals surface area contributed by atoms with Crippen molar-refractivity contribution in [2.24, 2.45) is 0 Å². The van der Waals surface area contributed by atoms with Crippen LogP contribution in [0, 0.1) is 0 Å². The van der Waals surface area contributed by atoms with Crippen molar-refractivity contribution in [1.82, 2.24) is 10.2 Å². The van der Waals surface area contributed by atoms with E-state index in [9.17, 15) is 22.8 Å². The molecule has 3 unspecified atom stereocenters. The zero-order valence-corrected chi connectivity index (χ0v) is 23.1. The monoisotopic (exact) mass is 578 g/mol. The number of amides is 2. The summed E-state index contributed by atoms with van der Waals surface area (Å²) in [5, 5.41) is 1.37. The van der Waals surface area contributed by atoms with Crippen LogP contribution in [0.15, 0.2) is 77.7 Å². The van der Waals surface area contributed by atoms with Gasteiger partial charge < -0.3 is 29.2 Å². The van der Waals surface area contributed by atoms with Crippen LogP contribution in [-0.2, 0) is 37.5 Å². The molecule has 1 fully saturated rings. The van der Waals surface area contributed by atoms with E-state index in [4.69, 9.17) is 18.9 Å². The fourth-order valence-electron chi connectivity index (χ4n) is 3.58. The Labute approximate surface area is 230 Å². The SMILES string of the molecule is C=C(C)C(C(=O)OCOCCOC)N1C(=O)C(NC(=O)COc2ccccc2)C1SS(=O)(=O)c1ccccc1. The summed E-state index contributed by atoms with van der Waals surface area (Å²) in [6.07, 6.45) is 0. The van der Waals surface area contributed by atoms with Crippen LogP contribution in [-0.4, -0.2) is 82.3 Å². The first-order valence-electron chi connectivity index (χ1n) is 11.8. The number of methoxy groups -OCH3 is 1. The van der Waals surface area contributed by atoms with E-state index in [-0.39, 0.29) is 23.7 Å². The second-order valence-electron chi connectivity index (χ2n) is 8.38. The van der Waals surface area contributed by atoms with Crippen LogP contribution in [0.3, 0.4) is 0 Å². The van der Waals surface area contributed by atoms with E-state index in [0.717, 1.165) is 4.90 Å². The van der Waals surface area contributed by atoms with Gasteiger partial charge in [0.05, 0.1) is 18.1 Å². The minimum atomic E-state index is -3.99. The van der Waals surface area contributed by atoms with Crippen molar-refractivity contribution in [2.75, 3.05) is 33.7 Å². The van der Waals surface area contributed by atoms with E-state index in [1.807, 2.05) is 0 Å². The van der Waals surface area contributed by atoms with Crippen LogP contribution in [0.2, 0.25) is 0 Å². The third-order valence-corrected chi connectivity index (χ3v) is 9.18. The van der Waals surface area contributed by atoms with Gasteiger partial charge in [-0.05, 0) is 36.8 Å². The first-order valence-corrected chi connectivity index (χ1v) is 14.7. The molecule has 1 N–H and O–H groups in total. The molecule has 1 saturated heterocycles. The number of hydrogen-bond acceptors (Lipinski definition) is 10. The molecule has 1 aliphatic rings. The molecule has 2 aromatic carbocycles. The molecule has 3 atom stereocenters. The van der Waals surface area contributed by atoms with Gasteiger partial charge in [-0.2, -0.15) is 0 Å². The molecule has 3 rings (SSSR count). The standard InChI is InChI=1S/C26H30N2O9S2/c1-18(2)23(26(31)37-17-35-15-14-34-3)28-24(30)22(27-21(29)16-36-19-10-6-4-7-11-19)25(28)38-39(32,33)20-12-8-5-9-13-20/h4-13,22-23,25H,1,14-17H2,2-3H3,(H,27,29). The largest absolute Gasteiger partial charge is 0.484 e. The van der Waals surface area contributed by atoms with Crippen LogP contribution in [0.5, 0.6) is 5.75 Å².